The van der Waals surface area contributed by atoms with Gasteiger partial charge < -0.3 is 4.57 Å². The highest BCUT2D eigenvalue weighted by molar-refractivity contribution is 5.62. The maximum absolute atomic E-state index is 3.65. The lowest BCUT2D eigenvalue weighted by Gasteiger charge is -2.01. The van der Waals surface area contributed by atoms with Crippen molar-refractivity contribution in [2.45, 2.75) is 20.8 Å². The zero-order chi connectivity index (χ0) is 10.3. The van der Waals surface area contributed by atoms with Gasteiger partial charge in [0.15, 0.2) is 0 Å². The Balaban J connectivity index is 0.000000671. The molecule has 0 radical (unpaired) electrons. The highest BCUT2D eigenvalue weighted by Gasteiger charge is 1.96. The van der Waals surface area contributed by atoms with Crippen LogP contribution in [-0.4, -0.2) is 4.57 Å². The van der Waals surface area contributed by atoms with Gasteiger partial charge in [0.2, 0.25) is 0 Å². The van der Waals surface area contributed by atoms with E-state index in [1.54, 1.807) is 0 Å². The van der Waals surface area contributed by atoms with Crippen molar-refractivity contribution in [3.05, 3.63) is 42.8 Å². The van der Waals surface area contributed by atoms with E-state index in [0.29, 0.717) is 0 Å². The molecule has 0 aromatic carbocycles. The third-order valence-electron chi connectivity index (χ3n) is 1.72. The van der Waals surface area contributed by atoms with Crippen molar-refractivity contribution in [2.24, 2.45) is 7.05 Å². The molecule has 1 rings (SSSR count). The highest BCUT2D eigenvalue weighted by Crippen LogP contribution is 2.12. The largest absolute Gasteiger partial charge is 0.351 e. The molecule has 0 saturated carbocycles. The summed E-state index contributed by atoms with van der Waals surface area (Å²) in [5, 5.41) is 0. The van der Waals surface area contributed by atoms with Gasteiger partial charge in [-0.3, -0.25) is 0 Å². The fourth-order valence-corrected chi connectivity index (χ4v) is 1.13. The van der Waals surface area contributed by atoms with Gasteiger partial charge in [-0.2, -0.15) is 0 Å². The number of rotatable bonds is 2. The number of hydrogen-bond donors (Lipinski definition) is 0. The van der Waals surface area contributed by atoms with Gasteiger partial charge >= 0.3 is 0 Å². The van der Waals surface area contributed by atoms with E-state index in [-0.39, 0.29) is 0 Å². The molecule has 1 nitrogen and oxygen atoms in total. The number of nitrogens with zero attached hydrogens (tertiary/aromatic N) is 1. The number of aryl methyl sites for hydroxylation is 1. The summed E-state index contributed by atoms with van der Waals surface area (Å²) in [5.74, 6) is 0. The standard InChI is InChI=1S/C10H13N.C2H6/c1-4-6-9(2)10-7-5-8-11(10)3;1-2/h4-8H,1H2,2-3H3;1-2H3/b9-6-;. The maximum atomic E-state index is 3.65. The summed E-state index contributed by atoms with van der Waals surface area (Å²) in [6.45, 7) is 9.73. The zero-order valence-corrected chi connectivity index (χ0v) is 9.04. The molecule has 0 atom stereocenters. The van der Waals surface area contributed by atoms with E-state index in [2.05, 4.69) is 24.1 Å². The predicted molar refractivity (Wildman–Crippen MR) is 60.6 cm³/mol. The van der Waals surface area contributed by atoms with E-state index in [4.69, 9.17) is 0 Å². The van der Waals surface area contributed by atoms with E-state index >= 15 is 0 Å². The smallest absolute Gasteiger partial charge is 0.0433 e. The molecule has 0 spiro atoms. The molecular weight excluding hydrogens is 158 g/mol. The van der Waals surface area contributed by atoms with Crippen LogP contribution in [0.25, 0.3) is 5.57 Å². The molecule has 0 amide bonds. The third-order valence-corrected chi connectivity index (χ3v) is 1.72. The molecule has 0 aliphatic heterocycles. The quantitative estimate of drug-likeness (QED) is 0.608. The Hall–Kier alpha value is -1.24. The second-order valence-corrected chi connectivity index (χ2v) is 2.59. The minimum absolute atomic E-state index is 1.24. The lowest BCUT2D eigenvalue weighted by molar-refractivity contribution is 0.908. The molecule has 1 heteroatoms. The van der Waals surface area contributed by atoms with Gasteiger partial charge in [-0.15, -0.1) is 0 Å². The van der Waals surface area contributed by atoms with E-state index in [9.17, 15) is 0 Å². The second-order valence-electron chi connectivity index (χ2n) is 2.59. The average molecular weight is 177 g/mol. The lowest BCUT2D eigenvalue weighted by Crippen LogP contribution is -1.90. The Morgan fingerprint density at radius 2 is 2.08 bits per heavy atom. The van der Waals surface area contributed by atoms with E-state index in [1.807, 2.05) is 45.3 Å². The molecule has 72 valence electrons. The summed E-state index contributed by atoms with van der Waals surface area (Å²) in [7, 11) is 2.04. The van der Waals surface area contributed by atoms with Gasteiger partial charge in [0, 0.05) is 18.9 Å². The predicted octanol–water partition coefficient (Wildman–Crippen LogP) is 3.64. The fraction of sp³-hybridized carbons (Fsp3) is 0.333. The lowest BCUT2D eigenvalue weighted by atomic mass is 10.2. The Kier molecular flexibility index (Phi) is 5.69. The molecule has 0 aliphatic rings. The third kappa shape index (κ3) is 3.32. The van der Waals surface area contributed by atoms with Crippen molar-refractivity contribution in [3.63, 3.8) is 0 Å². The Morgan fingerprint density at radius 1 is 1.46 bits per heavy atom. The molecule has 0 saturated heterocycles. The van der Waals surface area contributed by atoms with Gasteiger partial charge in [-0.25, -0.2) is 0 Å². The summed E-state index contributed by atoms with van der Waals surface area (Å²) in [6.07, 6.45) is 5.85. The number of allylic oxidation sites excluding steroid dienone is 3. The number of aromatic nitrogens is 1. The first kappa shape index (κ1) is 11.8. The zero-order valence-electron chi connectivity index (χ0n) is 9.04. The second kappa shape index (κ2) is 6.30. The molecule has 1 aromatic rings. The van der Waals surface area contributed by atoms with Crippen LogP contribution < -0.4 is 0 Å². The topological polar surface area (TPSA) is 4.93 Å². The maximum Gasteiger partial charge on any atom is 0.0433 e. The highest BCUT2D eigenvalue weighted by atomic mass is 14.9. The Labute approximate surface area is 81.4 Å². The molecule has 13 heavy (non-hydrogen) atoms. The molecular formula is C12H19N. The molecule has 0 aliphatic carbocycles. The average Bonchev–Trinajstić information content (AvgIpc) is 2.55. The van der Waals surface area contributed by atoms with Gasteiger partial charge in [-0.1, -0.05) is 32.6 Å². The Bertz CT molecular complexity index is 279. The number of hydrogen-bond acceptors (Lipinski definition) is 0. The normalized spacial score (nSPS) is 10.3. The Morgan fingerprint density at radius 3 is 2.46 bits per heavy atom. The minimum atomic E-state index is 1.24. The van der Waals surface area contributed by atoms with Gasteiger partial charge in [0.05, 0.1) is 0 Å². The van der Waals surface area contributed by atoms with Crippen LogP contribution in [0, 0.1) is 0 Å². The molecule has 1 aromatic heterocycles. The summed E-state index contributed by atoms with van der Waals surface area (Å²) >= 11 is 0. The van der Waals surface area contributed by atoms with Crippen LogP contribution in [0.4, 0.5) is 0 Å². The van der Waals surface area contributed by atoms with E-state index < -0.39 is 0 Å². The monoisotopic (exact) mass is 177 g/mol. The van der Waals surface area contributed by atoms with Crippen LogP contribution in [0.15, 0.2) is 37.1 Å². The summed E-state index contributed by atoms with van der Waals surface area (Å²) in [5.41, 5.74) is 2.48. The summed E-state index contributed by atoms with van der Waals surface area (Å²) in [4.78, 5) is 0. The van der Waals surface area contributed by atoms with Gasteiger partial charge in [-0.05, 0) is 24.6 Å². The molecule has 0 fully saturated rings. The first-order valence-corrected chi connectivity index (χ1v) is 4.66. The van der Waals surface area contributed by atoms with Gasteiger partial charge in [0.25, 0.3) is 0 Å². The van der Waals surface area contributed by atoms with Crippen LogP contribution in [0.3, 0.4) is 0 Å². The first-order chi connectivity index (χ1) is 6.25. The van der Waals surface area contributed by atoms with Crippen LogP contribution in [0.5, 0.6) is 0 Å². The minimum Gasteiger partial charge on any atom is -0.351 e. The van der Waals surface area contributed by atoms with Crippen LogP contribution >= 0.6 is 0 Å². The summed E-state index contributed by atoms with van der Waals surface area (Å²) in [6, 6.07) is 4.13. The fourth-order valence-electron chi connectivity index (χ4n) is 1.13. The van der Waals surface area contributed by atoms with Crippen molar-refractivity contribution >= 4 is 5.57 Å². The van der Waals surface area contributed by atoms with Crippen molar-refractivity contribution in [1.82, 2.24) is 4.57 Å². The van der Waals surface area contributed by atoms with E-state index in [1.165, 1.54) is 11.3 Å². The molecule has 1 heterocycles. The van der Waals surface area contributed by atoms with Crippen LogP contribution in [0.2, 0.25) is 0 Å². The first-order valence-electron chi connectivity index (χ1n) is 4.66. The molecule has 0 bridgehead atoms. The molecule has 0 unspecified atom stereocenters. The molecule has 0 N–H and O–H groups in total. The van der Waals surface area contributed by atoms with Crippen molar-refractivity contribution in [1.29, 1.82) is 0 Å². The van der Waals surface area contributed by atoms with Crippen molar-refractivity contribution < 1.29 is 0 Å². The van der Waals surface area contributed by atoms with Crippen molar-refractivity contribution in [3.8, 4) is 0 Å². The van der Waals surface area contributed by atoms with Crippen molar-refractivity contribution in [2.75, 3.05) is 0 Å². The SMILES string of the molecule is C=C/C=C(/C)c1cccn1C.CC. The van der Waals surface area contributed by atoms with E-state index in [0.717, 1.165) is 0 Å². The van der Waals surface area contributed by atoms with Crippen LogP contribution in [0.1, 0.15) is 26.5 Å². The van der Waals surface area contributed by atoms with Gasteiger partial charge in [0.1, 0.15) is 0 Å². The van der Waals surface area contributed by atoms with Crippen LogP contribution in [-0.2, 0) is 7.05 Å². The summed E-state index contributed by atoms with van der Waals surface area (Å²) < 4.78 is 2.09.